The van der Waals surface area contributed by atoms with E-state index in [1.165, 1.54) is 6.07 Å². The lowest BCUT2D eigenvalue weighted by molar-refractivity contribution is 0.414. The lowest BCUT2D eigenvalue weighted by Crippen LogP contribution is -1.99. The molecule has 2 rings (SSSR count). The van der Waals surface area contributed by atoms with Gasteiger partial charge in [0.15, 0.2) is 0 Å². The first-order valence-electron chi connectivity index (χ1n) is 5.82. The van der Waals surface area contributed by atoms with E-state index in [-0.39, 0.29) is 5.02 Å². The van der Waals surface area contributed by atoms with Crippen LogP contribution in [0, 0.1) is 5.82 Å². The largest absolute Gasteiger partial charge is 0.497 e. The Kier molecular flexibility index (Phi) is 4.67. The first-order chi connectivity index (χ1) is 9.11. The molecule has 2 aromatic rings. The van der Waals surface area contributed by atoms with Crippen LogP contribution in [0.3, 0.4) is 0 Å². The molecule has 0 aliphatic carbocycles. The molecule has 0 radical (unpaired) electrons. The maximum absolute atomic E-state index is 13.8. The van der Waals surface area contributed by atoms with E-state index in [9.17, 15) is 4.39 Å². The fourth-order valence-corrected chi connectivity index (χ4v) is 2.37. The van der Waals surface area contributed by atoms with Gasteiger partial charge >= 0.3 is 0 Å². The van der Waals surface area contributed by atoms with Gasteiger partial charge in [-0.05, 0) is 30.2 Å². The van der Waals surface area contributed by atoms with Gasteiger partial charge in [0.05, 0.1) is 17.5 Å². The molecule has 0 amide bonds. The number of halogens is 3. The van der Waals surface area contributed by atoms with E-state index in [0.29, 0.717) is 12.0 Å². The third kappa shape index (κ3) is 3.40. The van der Waals surface area contributed by atoms with E-state index in [1.807, 2.05) is 24.3 Å². The topological polar surface area (TPSA) is 9.23 Å². The van der Waals surface area contributed by atoms with Crippen LogP contribution in [0.1, 0.15) is 16.5 Å². The summed E-state index contributed by atoms with van der Waals surface area (Å²) in [7, 11) is 1.61. The molecule has 1 nitrogen and oxygen atoms in total. The highest BCUT2D eigenvalue weighted by Crippen LogP contribution is 2.30. The van der Waals surface area contributed by atoms with Crippen LogP contribution < -0.4 is 4.74 Å². The molecule has 100 valence electrons. The van der Waals surface area contributed by atoms with Crippen molar-refractivity contribution >= 4 is 23.2 Å². The van der Waals surface area contributed by atoms with Crippen molar-refractivity contribution in [3.05, 3.63) is 64.4 Å². The highest BCUT2D eigenvalue weighted by Gasteiger charge is 2.15. The summed E-state index contributed by atoms with van der Waals surface area (Å²) in [6.45, 7) is 0. The molecule has 0 aliphatic rings. The number of methoxy groups -OCH3 is 1. The molecule has 0 fully saturated rings. The van der Waals surface area contributed by atoms with Gasteiger partial charge in [-0.15, -0.1) is 11.6 Å². The van der Waals surface area contributed by atoms with Crippen LogP contribution in [-0.2, 0) is 6.42 Å². The summed E-state index contributed by atoms with van der Waals surface area (Å²) >= 11 is 12.0. The summed E-state index contributed by atoms with van der Waals surface area (Å²) in [5.74, 6) is 0.335. The Bertz CT molecular complexity index is 555. The highest BCUT2D eigenvalue weighted by molar-refractivity contribution is 6.31. The summed E-state index contributed by atoms with van der Waals surface area (Å²) in [6, 6.07) is 12.4. The Balaban J connectivity index is 2.15. The van der Waals surface area contributed by atoms with E-state index < -0.39 is 11.2 Å². The zero-order chi connectivity index (χ0) is 13.8. The third-order valence-electron chi connectivity index (χ3n) is 2.89. The number of hydrogen-bond donors (Lipinski definition) is 0. The van der Waals surface area contributed by atoms with Crippen LogP contribution in [0.15, 0.2) is 42.5 Å². The summed E-state index contributed by atoms with van der Waals surface area (Å²) in [4.78, 5) is 0. The van der Waals surface area contributed by atoms with Gasteiger partial charge in [-0.3, -0.25) is 0 Å². The van der Waals surface area contributed by atoms with Crippen LogP contribution in [0.4, 0.5) is 4.39 Å². The van der Waals surface area contributed by atoms with Crippen molar-refractivity contribution in [3.8, 4) is 5.75 Å². The third-order valence-corrected chi connectivity index (χ3v) is 3.57. The average molecular weight is 299 g/mol. The fourth-order valence-electron chi connectivity index (χ4n) is 1.84. The molecule has 0 aromatic heterocycles. The maximum atomic E-state index is 13.8. The van der Waals surface area contributed by atoms with Crippen molar-refractivity contribution in [2.75, 3.05) is 7.11 Å². The predicted molar refractivity (Wildman–Crippen MR) is 76.7 cm³/mol. The molecule has 0 saturated heterocycles. The van der Waals surface area contributed by atoms with Crippen molar-refractivity contribution in [3.63, 3.8) is 0 Å². The number of benzene rings is 2. The van der Waals surface area contributed by atoms with Gasteiger partial charge in [-0.1, -0.05) is 35.9 Å². The lowest BCUT2D eigenvalue weighted by atomic mass is 10.0. The van der Waals surface area contributed by atoms with Gasteiger partial charge < -0.3 is 4.74 Å². The molecular weight excluding hydrogens is 286 g/mol. The Morgan fingerprint density at radius 1 is 1.16 bits per heavy atom. The van der Waals surface area contributed by atoms with Gasteiger partial charge in [0, 0.05) is 5.56 Å². The average Bonchev–Trinajstić information content (AvgIpc) is 2.42. The van der Waals surface area contributed by atoms with Crippen molar-refractivity contribution in [1.82, 2.24) is 0 Å². The smallest absolute Gasteiger partial charge is 0.146 e. The fraction of sp³-hybridized carbons (Fsp3) is 0.200. The summed E-state index contributed by atoms with van der Waals surface area (Å²) in [5, 5.41) is -0.357. The van der Waals surface area contributed by atoms with Gasteiger partial charge in [0.25, 0.3) is 0 Å². The lowest BCUT2D eigenvalue weighted by Gasteiger charge is -2.12. The van der Waals surface area contributed by atoms with Crippen molar-refractivity contribution in [1.29, 1.82) is 0 Å². The SMILES string of the molecule is COc1ccc(CC(Cl)c2cccc(Cl)c2F)cc1. The number of alkyl halides is 1. The van der Waals surface area contributed by atoms with Crippen molar-refractivity contribution < 1.29 is 9.13 Å². The minimum absolute atomic E-state index is 0.0953. The molecule has 1 atom stereocenters. The Hall–Kier alpha value is -1.25. The zero-order valence-corrected chi connectivity index (χ0v) is 11.9. The molecule has 4 heteroatoms. The molecule has 0 aliphatic heterocycles. The number of hydrogen-bond acceptors (Lipinski definition) is 1. The van der Waals surface area contributed by atoms with Crippen LogP contribution in [-0.4, -0.2) is 7.11 Å². The van der Waals surface area contributed by atoms with Crippen LogP contribution in [0.2, 0.25) is 5.02 Å². The van der Waals surface area contributed by atoms with Crippen molar-refractivity contribution in [2.45, 2.75) is 11.8 Å². The monoisotopic (exact) mass is 298 g/mol. The zero-order valence-electron chi connectivity index (χ0n) is 10.4. The minimum atomic E-state index is -0.452. The predicted octanol–water partition coefficient (Wildman–Crippen LogP) is 5.01. The highest BCUT2D eigenvalue weighted by atomic mass is 35.5. The molecule has 1 unspecified atom stereocenters. The first-order valence-corrected chi connectivity index (χ1v) is 6.64. The van der Waals surface area contributed by atoms with Gasteiger partial charge in [0.1, 0.15) is 11.6 Å². The number of ether oxygens (including phenoxy) is 1. The molecule has 0 N–H and O–H groups in total. The Morgan fingerprint density at radius 2 is 1.84 bits per heavy atom. The van der Waals surface area contributed by atoms with Crippen LogP contribution in [0.5, 0.6) is 5.75 Å². The molecule has 19 heavy (non-hydrogen) atoms. The molecule has 0 heterocycles. The quantitative estimate of drug-likeness (QED) is 0.721. The van der Waals surface area contributed by atoms with E-state index in [2.05, 4.69) is 0 Å². The Labute approximate surface area is 121 Å². The van der Waals surface area contributed by atoms with E-state index >= 15 is 0 Å². The second kappa shape index (κ2) is 6.27. The standard InChI is InChI=1S/C15H13Cl2FO/c1-19-11-7-5-10(6-8-11)9-14(17)12-3-2-4-13(16)15(12)18/h2-8,14H,9H2,1H3. The second-order valence-electron chi connectivity index (χ2n) is 4.16. The normalized spacial score (nSPS) is 12.2. The summed E-state index contributed by atoms with van der Waals surface area (Å²) < 4.78 is 18.9. The molecule has 0 saturated carbocycles. The summed E-state index contributed by atoms with van der Waals surface area (Å²) in [5.41, 5.74) is 1.44. The maximum Gasteiger partial charge on any atom is 0.146 e. The molecule has 0 bridgehead atoms. The van der Waals surface area contributed by atoms with Gasteiger partial charge in [0.2, 0.25) is 0 Å². The minimum Gasteiger partial charge on any atom is -0.497 e. The van der Waals surface area contributed by atoms with Crippen LogP contribution in [0.25, 0.3) is 0 Å². The Morgan fingerprint density at radius 3 is 2.47 bits per heavy atom. The molecule has 2 aromatic carbocycles. The van der Waals surface area contributed by atoms with Gasteiger partial charge in [-0.25, -0.2) is 4.39 Å². The van der Waals surface area contributed by atoms with Crippen LogP contribution >= 0.6 is 23.2 Å². The van der Waals surface area contributed by atoms with Crippen molar-refractivity contribution in [2.24, 2.45) is 0 Å². The van der Waals surface area contributed by atoms with E-state index in [4.69, 9.17) is 27.9 Å². The molecular formula is C15H13Cl2FO. The second-order valence-corrected chi connectivity index (χ2v) is 5.10. The van der Waals surface area contributed by atoms with E-state index in [1.54, 1.807) is 19.2 Å². The van der Waals surface area contributed by atoms with Gasteiger partial charge in [-0.2, -0.15) is 0 Å². The van der Waals surface area contributed by atoms with E-state index in [0.717, 1.165) is 11.3 Å². The first kappa shape index (κ1) is 14.2. The number of rotatable bonds is 4. The molecule has 0 spiro atoms. The summed E-state index contributed by atoms with van der Waals surface area (Å²) in [6.07, 6.45) is 0.531.